The van der Waals surface area contributed by atoms with Crippen LogP contribution in [0, 0.1) is 36.0 Å². The van der Waals surface area contributed by atoms with Crippen molar-refractivity contribution in [3.05, 3.63) is 44.7 Å². The zero-order valence-electron chi connectivity index (χ0n) is 17.6. The Hall–Kier alpha value is -1.84. The number of nitriles is 1. The topological polar surface area (TPSA) is 56.1 Å². The van der Waals surface area contributed by atoms with Gasteiger partial charge >= 0.3 is 0 Å². The zero-order chi connectivity index (χ0) is 21.3. The van der Waals surface area contributed by atoms with Gasteiger partial charge in [0.1, 0.15) is 16.6 Å². The molecule has 1 aromatic carbocycles. The summed E-state index contributed by atoms with van der Waals surface area (Å²) >= 11 is 5.16. The lowest BCUT2D eigenvalue weighted by Gasteiger charge is -2.20. The summed E-state index contributed by atoms with van der Waals surface area (Å²) in [6.45, 7) is 3.03. The van der Waals surface area contributed by atoms with E-state index < -0.39 is 0 Å². The Morgan fingerprint density at radius 1 is 1.30 bits per heavy atom. The van der Waals surface area contributed by atoms with Gasteiger partial charge in [-0.3, -0.25) is 4.79 Å². The van der Waals surface area contributed by atoms with E-state index in [-0.39, 0.29) is 11.8 Å². The van der Waals surface area contributed by atoms with Crippen molar-refractivity contribution < 1.29 is 4.79 Å². The van der Waals surface area contributed by atoms with Gasteiger partial charge in [0.2, 0.25) is 5.91 Å². The molecule has 2 bridgehead atoms. The summed E-state index contributed by atoms with van der Waals surface area (Å²) in [4.78, 5) is 16.2. The molecule has 6 heteroatoms. The number of fused-ring (bicyclic) bond motifs is 2. The number of nitrogens with zero attached hydrogens (tertiary/aromatic N) is 2. The summed E-state index contributed by atoms with van der Waals surface area (Å²) < 4.78 is 0.844. The minimum Gasteiger partial charge on any atom is -0.375 e. The lowest BCUT2D eigenvalue weighted by molar-refractivity contribution is -0.121. The van der Waals surface area contributed by atoms with E-state index in [1.54, 1.807) is 11.3 Å². The molecule has 4 nitrogen and oxygen atoms in total. The van der Waals surface area contributed by atoms with Crippen molar-refractivity contribution in [2.45, 2.75) is 45.4 Å². The van der Waals surface area contributed by atoms with Gasteiger partial charge in [0.05, 0.1) is 4.47 Å². The van der Waals surface area contributed by atoms with E-state index in [2.05, 4.69) is 70.5 Å². The van der Waals surface area contributed by atoms with Crippen LogP contribution in [0.3, 0.4) is 0 Å². The van der Waals surface area contributed by atoms with Crippen molar-refractivity contribution >= 4 is 43.9 Å². The highest BCUT2D eigenvalue weighted by atomic mass is 79.9. The molecule has 3 atom stereocenters. The summed E-state index contributed by atoms with van der Waals surface area (Å²) in [6, 6.07) is 10.8. The maximum absolute atomic E-state index is 12.8. The molecule has 2 saturated carbocycles. The third-order valence-electron chi connectivity index (χ3n) is 6.71. The van der Waals surface area contributed by atoms with Crippen LogP contribution in [0.15, 0.2) is 28.7 Å². The summed E-state index contributed by atoms with van der Waals surface area (Å²) in [6.07, 6.45) is 6.54. The fraction of sp³-hybridized carbons (Fsp3) is 0.500. The number of rotatable bonds is 7. The number of hydrogen-bond donors (Lipinski definition) is 1. The number of aryl methyl sites for hydroxylation is 2. The molecular formula is C24H28BrN3OS. The normalized spacial score (nSPS) is 22.1. The summed E-state index contributed by atoms with van der Waals surface area (Å²) in [5.41, 5.74) is 3.04. The molecule has 1 amide bonds. The van der Waals surface area contributed by atoms with Crippen LogP contribution in [0.4, 0.5) is 10.7 Å². The number of halogens is 1. The molecule has 0 saturated heterocycles. The summed E-state index contributed by atoms with van der Waals surface area (Å²) in [5.74, 6) is 1.51. The van der Waals surface area contributed by atoms with E-state index >= 15 is 0 Å². The van der Waals surface area contributed by atoms with E-state index in [9.17, 15) is 10.1 Å². The molecule has 1 aromatic heterocycles. The number of carbonyl (C=O) groups excluding carboxylic acids is 1. The van der Waals surface area contributed by atoms with E-state index in [4.69, 9.17) is 0 Å². The maximum atomic E-state index is 12.8. The van der Waals surface area contributed by atoms with Crippen molar-refractivity contribution in [2.24, 2.45) is 17.8 Å². The molecule has 1 N–H and O–H groups in total. The number of nitrogens with one attached hydrogen (secondary N) is 1. The maximum Gasteiger partial charge on any atom is 0.228 e. The Morgan fingerprint density at radius 2 is 2.07 bits per heavy atom. The first-order valence-corrected chi connectivity index (χ1v) is 12.4. The molecule has 1 heterocycles. The first-order chi connectivity index (χ1) is 14.5. The van der Waals surface area contributed by atoms with Gasteiger partial charge in [0, 0.05) is 30.1 Å². The van der Waals surface area contributed by atoms with Crippen molar-refractivity contribution in [2.75, 3.05) is 23.8 Å². The van der Waals surface area contributed by atoms with Crippen LogP contribution < -0.4 is 10.2 Å². The average molecular weight is 486 g/mol. The van der Waals surface area contributed by atoms with Crippen molar-refractivity contribution in [1.29, 1.82) is 5.26 Å². The molecule has 2 fully saturated rings. The Kier molecular flexibility index (Phi) is 6.50. The molecule has 4 rings (SSSR count). The van der Waals surface area contributed by atoms with E-state index in [0.29, 0.717) is 16.5 Å². The molecule has 158 valence electrons. The van der Waals surface area contributed by atoms with Crippen molar-refractivity contribution in [3.8, 4) is 6.07 Å². The van der Waals surface area contributed by atoms with Gasteiger partial charge in [-0.15, -0.1) is 11.3 Å². The first kappa shape index (κ1) is 21.4. The molecule has 2 aliphatic carbocycles. The standard InChI is InChI=1S/C24H28BrN3OS/c1-15-5-9-18(10-6-15)28(2)11-3-4-21-22(25)20(14-26)24(30-21)27-23(29)19-13-16-7-8-17(19)12-16/h5-6,9-10,16-17,19H,3-4,7-8,11-13H2,1-2H3,(H,27,29)/t16-,17+,19-/m1/s1. The predicted octanol–water partition coefficient (Wildman–Crippen LogP) is 6.13. The van der Waals surface area contributed by atoms with Crippen LogP contribution in [-0.2, 0) is 11.2 Å². The van der Waals surface area contributed by atoms with Gasteiger partial charge in [0.25, 0.3) is 0 Å². The van der Waals surface area contributed by atoms with Crippen molar-refractivity contribution in [1.82, 2.24) is 0 Å². The van der Waals surface area contributed by atoms with E-state index in [1.807, 2.05) is 0 Å². The molecule has 0 unspecified atom stereocenters. The molecule has 0 radical (unpaired) electrons. The number of carbonyl (C=O) groups is 1. The van der Waals surface area contributed by atoms with Crippen LogP contribution >= 0.6 is 27.3 Å². The first-order valence-electron chi connectivity index (χ1n) is 10.8. The second-order valence-electron chi connectivity index (χ2n) is 8.79. The van der Waals surface area contributed by atoms with E-state index in [1.165, 1.54) is 30.5 Å². The fourth-order valence-corrected chi connectivity index (χ4v) is 6.93. The van der Waals surface area contributed by atoms with Gasteiger partial charge in [-0.2, -0.15) is 5.26 Å². The monoisotopic (exact) mass is 485 g/mol. The third-order valence-corrected chi connectivity index (χ3v) is 9.01. The summed E-state index contributed by atoms with van der Waals surface area (Å²) in [5, 5.41) is 13.5. The highest BCUT2D eigenvalue weighted by molar-refractivity contribution is 9.10. The molecule has 2 aromatic rings. The number of hydrogen-bond acceptors (Lipinski definition) is 4. The lowest BCUT2D eigenvalue weighted by Crippen LogP contribution is -2.27. The van der Waals surface area contributed by atoms with E-state index in [0.717, 1.165) is 41.1 Å². The highest BCUT2D eigenvalue weighted by Gasteiger charge is 2.43. The SMILES string of the molecule is Cc1ccc(N(C)CCCc2sc(NC(=O)[C@@H]3C[C@@H]4CC[C@H]3C4)c(C#N)c2Br)cc1. The quantitative estimate of drug-likeness (QED) is 0.512. The largest absolute Gasteiger partial charge is 0.375 e. The van der Waals surface area contributed by atoms with Crippen LogP contribution in [0.5, 0.6) is 0 Å². The predicted molar refractivity (Wildman–Crippen MR) is 127 cm³/mol. The average Bonchev–Trinajstić information content (AvgIpc) is 3.44. The van der Waals surface area contributed by atoms with Gasteiger partial charge < -0.3 is 10.2 Å². The Bertz CT molecular complexity index is 962. The summed E-state index contributed by atoms with van der Waals surface area (Å²) in [7, 11) is 2.11. The second kappa shape index (κ2) is 9.11. The number of thiophene rings is 1. The number of anilines is 2. The minimum absolute atomic E-state index is 0.109. The Balaban J connectivity index is 1.37. The molecule has 2 aliphatic rings. The number of benzene rings is 1. The lowest BCUT2D eigenvalue weighted by atomic mass is 9.88. The van der Waals surface area contributed by atoms with Gasteiger partial charge in [-0.25, -0.2) is 0 Å². The van der Waals surface area contributed by atoms with Gasteiger partial charge in [-0.05, 0) is 78.9 Å². The van der Waals surface area contributed by atoms with Crippen LogP contribution in [0.1, 0.15) is 48.1 Å². The van der Waals surface area contributed by atoms with Gasteiger partial charge in [0.15, 0.2) is 0 Å². The van der Waals surface area contributed by atoms with Crippen molar-refractivity contribution in [3.63, 3.8) is 0 Å². The Morgan fingerprint density at radius 3 is 2.70 bits per heavy atom. The molecule has 30 heavy (non-hydrogen) atoms. The molecule has 0 aliphatic heterocycles. The zero-order valence-corrected chi connectivity index (χ0v) is 20.0. The molecular weight excluding hydrogens is 458 g/mol. The highest BCUT2D eigenvalue weighted by Crippen LogP contribution is 2.49. The fourth-order valence-electron chi connectivity index (χ4n) is 4.98. The Labute approximate surface area is 191 Å². The minimum atomic E-state index is 0.109. The molecule has 0 spiro atoms. The smallest absolute Gasteiger partial charge is 0.228 e. The van der Waals surface area contributed by atoms with Crippen LogP contribution in [0.2, 0.25) is 0 Å². The third kappa shape index (κ3) is 4.43. The number of amides is 1. The van der Waals surface area contributed by atoms with Crippen LogP contribution in [0.25, 0.3) is 0 Å². The second-order valence-corrected chi connectivity index (χ2v) is 10.7. The van der Waals surface area contributed by atoms with Gasteiger partial charge in [-0.1, -0.05) is 24.1 Å². The van der Waals surface area contributed by atoms with Crippen LogP contribution in [-0.4, -0.2) is 19.5 Å².